The van der Waals surface area contributed by atoms with E-state index in [4.69, 9.17) is 10.9 Å². The number of rotatable bonds is 8. The maximum absolute atomic E-state index is 13.2. The predicted octanol–water partition coefficient (Wildman–Crippen LogP) is 0.919. The van der Waals surface area contributed by atoms with Crippen LogP contribution in [0.25, 0.3) is 0 Å². The highest BCUT2D eigenvalue weighted by atomic mass is 19.3. The molecule has 2 atom stereocenters. The number of alkyl halides is 2. The third-order valence-electron chi connectivity index (χ3n) is 4.58. The molecular weight excluding hydrogens is 422 g/mol. The van der Waals surface area contributed by atoms with Gasteiger partial charge in [-0.25, -0.2) is 14.3 Å². The number of benzene rings is 2. The molecule has 0 bridgehead atoms. The Morgan fingerprint density at radius 2 is 1.62 bits per heavy atom. The number of carbonyl (C=O) groups is 3. The lowest BCUT2D eigenvalue weighted by Crippen LogP contribution is -2.66. The van der Waals surface area contributed by atoms with E-state index in [1.54, 1.807) is 24.3 Å². The number of nitrogens with one attached hydrogen (secondary N) is 3. The van der Waals surface area contributed by atoms with E-state index in [1.165, 1.54) is 17.6 Å². The minimum Gasteiger partial charge on any atom is -0.355 e. The Morgan fingerprint density at radius 1 is 1.09 bits per heavy atom. The summed E-state index contributed by atoms with van der Waals surface area (Å²) in [7, 11) is 0. The molecule has 2 aromatic rings. The molecule has 0 aliphatic carbocycles. The third-order valence-corrected chi connectivity index (χ3v) is 4.58. The van der Waals surface area contributed by atoms with E-state index < -0.39 is 29.8 Å². The van der Waals surface area contributed by atoms with Gasteiger partial charge in [-0.05, 0) is 48.9 Å². The molecule has 2 unspecified atom stereocenters. The van der Waals surface area contributed by atoms with E-state index in [0.717, 1.165) is 18.1 Å². The fraction of sp³-hybridized carbons (Fsp3) is 0.227. The summed E-state index contributed by atoms with van der Waals surface area (Å²) in [4.78, 5) is 34.5. The van der Waals surface area contributed by atoms with Crippen molar-refractivity contribution in [3.05, 3.63) is 70.8 Å². The lowest BCUT2D eigenvalue weighted by atomic mass is 9.92. The molecule has 8 nitrogen and oxygen atoms in total. The molecule has 2 aromatic carbocycles. The number of carbonyl (C=O) groups excluding carboxylic acids is 3. The summed E-state index contributed by atoms with van der Waals surface area (Å²) in [5.74, 6) is 3.80. The van der Waals surface area contributed by atoms with Crippen molar-refractivity contribution < 1.29 is 28.4 Å². The maximum Gasteiger partial charge on any atom is 0.268 e. The van der Waals surface area contributed by atoms with Crippen molar-refractivity contribution in [3.8, 4) is 11.8 Å². The highest BCUT2D eigenvalue weighted by molar-refractivity contribution is 5.98. The van der Waals surface area contributed by atoms with Crippen molar-refractivity contribution >= 4 is 18.2 Å². The first-order valence-corrected chi connectivity index (χ1v) is 9.39. The lowest BCUT2D eigenvalue weighted by molar-refractivity contribution is -0.134. The molecule has 3 amide bonds. The average molecular weight is 444 g/mol. The third kappa shape index (κ3) is 6.34. The SMILES string of the molecule is CC(N)(C(F)F)C(NC(=O)c1ccc(C#Cc2ccc(CNC=O)cc2)cc1)C(=O)NO. The van der Waals surface area contributed by atoms with Crippen molar-refractivity contribution in [2.24, 2.45) is 5.73 Å². The van der Waals surface area contributed by atoms with Gasteiger partial charge < -0.3 is 16.4 Å². The Balaban J connectivity index is 2.10. The second-order valence-electron chi connectivity index (χ2n) is 7.07. The van der Waals surface area contributed by atoms with Gasteiger partial charge >= 0.3 is 0 Å². The Kier molecular flexibility index (Phi) is 8.40. The van der Waals surface area contributed by atoms with E-state index in [9.17, 15) is 23.2 Å². The second-order valence-corrected chi connectivity index (χ2v) is 7.07. The second kappa shape index (κ2) is 11.0. The summed E-state index contributed by atoms with van der Waals surface area (Å²) in [6.07, 6.45) is -2.52. The van der Waals surface area contributed by atoms with E-state index in [0.29, 0.717) is 18.5 Å². The van der Waals surface area contributed by atoms with Crippen molar-refractivity contribution in [2.75, 3.05) is 0 Å². The minimum absolute atomic E-state index is 0.0865. The van der Waals surface area contributed by atoms with Gasteiger partial charge in [0, 0.05) is 23.2 Å². The van der Waals surface area contributed by atoms with E-state index in [1.807, 2.05) is 12.1 Å². The van der Waals surface area contributed by atoms with Crippen LogP contribution >= 0.6 is 0 Å². The topological polar surface area (TPSA) is 134 Å². The van der Waals surface area contributed by atoms with Gasteiger partial charge in [-0.2, -0.15) is 0 Å². The normalized spacial score (nSPS) is 13.2. The highest BCUT2D eigenvalue weighted by Gasteiger charge is 2.44. The monoisotopic (exact) mass is 444 g/mol. The summed E-state index contributed by atoms with van der Waals surface area (Å²) in [6.45, 7) is 1.31. The van der Waals surface area contributed by atoms with Crippen LogP contribution in [0.3, 0.4) is 0 Å². The van der Waals surface area contributed by atoms with Gasteiger partial charge in [-0.3, -0.25) is 19.6 Å². The van der Waals surface area contributed by atoms with Crippen LogP contribution in [0.2, 0.25) is 0 Å². The molecule has 32 heavy (non-hydrogen) atoms. The summed E-state index contributed by atoms with van der Waals surface area (Å²) >= 11 is 0. The van der Waals surface area contributed by atoms with Crippen LogP contribution in [-0.2, 0) is 16.1 Å². The molecule has 6 N–H and O–H groups in total. The quantitative estimate of drug-likeness (QED) is 0.179. The number of nitrogens with two attached hydrogens (primary N) is 1. The molecule has 0 aliphatic heterocycles. The van der Waals surface area contributed by atoms with Gasteiger partial charge in [-0.15, -0.1) is 0 Å². The highest BCUT2D eigenvalue weighted by Crippen LogP contribution is 2.18. The van der Waals surface area contributed by atoms with Crippen LogP contribution in [0.15, 0.2) is 48.5 Å². The number of hydroxylamine groups is 1. The Labute approximate surface area is 183 Å². The zero-order valence-electron chi connectivity index (χ0n) is 17.1. The minimum atomic E-state index is -3.14. The molecule has 0 aliphatic rings. The molecule has 0 saturated carbocycles. The summed E-state index contributed by atoms with van der Waals surface area (Å²) < 4.78 is 26.4. The molecule has 0 fully saturated rings. The Bertz CT molecular complexity index is 1010. The van der Waals surface area contributed by atoms with E-state index >= 15 is 0 Å². The molecule has 0 saturated heterocycles. The zero-order valence-corrected chi connectivity index (χ0v) is 17.1. The molecule has 168 valence electrons. The van der Waals surface area contributed by atoms with Crippen LogP contribution < -0.4 is 21.8 Å². The summed E-state index contributed by atoms with van der Waals surface area (Å²) in [5.41, 5.74) is 6.65. The van der Waals surface area contributed by atoms with E-state index in [2.05, 4.69) is 22.5 Å². The molecule has 10 heteroatoms. The van der Waals surface area contributed by atoms with Crippen molar-refractivity contribution in [1.82, 2.24) is 16.1 Å². The molecular formula is C22H22F2N4O4. The van der Waals surface area contributed by atoms with Gasteiger partial charge in [0.15, 0.2) is 0 Å². The van der Waals surface area contributed by atoms with Gasteiger partial charge in [0.2, 0.25) is 6.41 Å². The van der Waals surface area contributed by atoms with Gasteiger partial charge in [0.05, 0.1) is 0 Å². The van der Waals surface area contributed by atoms with Crippen LogP contribution in [0, 0.1) is 11.8 Å². The largest absolute Gasteiger partial charge is 0.355 e. The van der Waals surface area contributed by atoms with E-state index in [-0.39, 0.29) is 5.56 Å². The number of hydrogen-bond donors (Lipinski definition) is 5. The lowest BCUT2D eigenvalue weighted by Gasteiger charge is -2.32. The van der Waals surface area contributed by atoms with Gasteiger partial charge in [0.25, 0.3) is 18.2 Å². The number of hydrogen-bond acceptors (Lipinski definition) is 5. The summed E-state index contributed by atoms with van der Waals surface area (Å²) in [6, 6.07) is 11.3. The van der Waals surface area contributed by atoms with Crippen molar-refractivity contribution in [1.29, 1.82) is 0 Å². The Hall–Kier alpha value is -3.81. The first-order valence-electron chi connectivity index (χ1n) is 9.39. The predicted molar refractivity (Wildman–Crippen MR) is 112 cm³/mol. The summed E-state index contributed by atoms with van der Waals surface area (Å²) in [5, 5.41) is 13.5. The molecule has 0 radical (unpaired) electrons. The van der Waals surface area contributed by atoms with Gasteiger partial charge in [0.1, 0.15) is 11.6 Å². The fourth-order valence-electron chi connectivity index (χ4n) is 2.62. The van der Waals surface area contributed by atoms with Crippen LogP contribution in [0.4, 0.5) is 8.78 Å². The zero-order chi connectivity index (χ0) is 23.7. The average Bonchev–Trinajstić information content (AvgIpc) is 2.80. The van der Waals surface area contributed by atoms with Crippen LogP contribution in [0.5, 0.6) is 0 Å². The van der Waals surface area contributed by atoms with Gasteiger partial charge in [-0.1, -0.05) is 24.0 Å². The molecule has 0 aromatic heterocycles. The smallest absolute Gasteiger partial charge is 0.268 e. The number of amides is 3. The standard InChI is InChI=1S/C22H22F2N4O4/c1-22(25,21(23)24)18(20(31)28-32)27-19(30)17-10-8-15(9-11-17)3-2-14-4-6-16(7-5-14)12-26-13-29/h4-11,13,18,21,32H,12,25H2,1H3,(H,26,29)(H,27,30)(H,28,31). The van der Waals surface area contributed by atoms with Crippen LogP contribution in [0.1, 0.15) is 34.0 Å². The van der Waals surface area contributed by atoms with Crippen molar-refractivity contribution in [2.45, 2.75) is 31.5 Å². The molecule has 2 rings (SSSR count). The maximum atomic E-state index is 13.2. The fourth-order valence-corrected chi connectivity index (χ4v) is 2.62. The first kappa shape index (κ1) is 24.5. The first-order chi connectivity index (χ1) is 15.2. The van der Waals surface area contributed by atoms with Crippen molar-refractivity contribution in [3.63, 3.8) is 0 Å². The Morgan fingerprint density at radius 3 is 2.09 bits per heavy atom. The van der Waals surface area contributed by atoms with Crippen LogP contribution in [-0.4, -0.2) is 41.4 Å². The molecule has 0 spiro atoms. The number of halogens is 2. The molecule has 0 heterocycles.